The fourth-order valence-electron chi connectivity index (χ4n) is 3.47. The molecule has 1 saturated carbocycles. The average molecular weight is 318 g/mol. The molecule has 6 nitrogen and oxygen atoms in total. The van der Waals surface area contributed by atoms with Crippen LogP contribution in [0.5, 0.6) is 5.75 Å². The molecule has 1 aliphatic carbocycles. The van der Waals surface area contributed by atoms with E-state index in [2.05, 4.69) is 5.32 Å². The van der Waals surface area contributed by atoms with Gasteiger partial charge in [0.05, 0.1) is 5.92 Å². The Bertz CT molecular complexity index is 609. The molecule has 0 atom stereocenters. The van der Waals surface area contributed by atoms with Crippen LogP contribution in [0.15, 0.2) is 18.2 Å². The van der Waals surface area contributed by atoms with Gasteiger partial charge < -0.3 is 20.4 Å². The van der Waals surface area contributed by atoms with E-state index < -0.39 is 5.97 Å². The summed E-state index contributed by atoms with van der Waals surface area (Å²) in [6.07, 6.45) is 3.46. The summed E-state index contributed by atoms with van der Waals surface area (Å²) in [7, 11) is 0. The fraction of sp³-hybridized carbons (Fsp3) is 0.529. The third-order valence-electron chi connectivity index (χ3n) is 4.89. The molecule has 6 heteroatoms. The summed E-state index contributed by atoms with van der Waals surface area (Å²) in [5.74, 6) is -0.784. The summed E-state index contributed by atoms with van der Waals surface area (Å²) in [4.78, 5) is 25.1. The number of nitrogens with one attached hydrogen (secondary N) is 1. The van der Waals surface area contributed by atoms with Crippen molar-refractivity contribution in [2.24, 2.45) is 5.92 Å². The van der Waals surface area contributed by atoms with E-state index in [1.807, 2.05) is 6.07 Å². The second-order valence-electron chi connectivity index (χ2n) is 6.46. The van der Waals surface area contributed by atoms with Crippen molar-refractivity contribution in [3.63, 3.8) is 0 Å². The van der Waals surface area contributed by atoms with E-state index in [-0.39, 0.29) is 23.7 Å². The Hall–Kier alpha value is -2.24. The molecule has 0 radical (unpaired) electrons. The topological polar surface area (TPSA) is 89.9 Å². The van der Waals surface area contributed by atoms with Crippen LogP contribution >= 0.6 is 0 Å². The summed E-state index contributed by atoms with van der Waals surface area (Å²) in [5.41, 5.74) is 2.16. The van der Waals surface area contributed by atoms with E-state index in [1.54, 1.807) is 17.0 Å². The minimum absolute atomic E-state index is 0.0590. The molecule has 23 heavy (non-hydrogen) atoms. The van der Waals surface area contributed by atoms with Gasteiger partial charge in [-0.2, -0.15) is 0 Å². The molecule has 1 fully saturated rings. The number of urea groups is 1. The molecule has 0 spiro atoms. The van der Waals surface area contributed by atoms with E-state index in [4.69, 9.17) is 5.11 Å². The standard InChI is InChI=1S/C17H22N2O4/c20-15-6-3-11-7-8-19(10-13(11)9-15)17(23)18-14-4-1-12(2-5-14)16(21)22/h3,6,9,12,14,20H,1-2,4-5,7-8,10H2,(H,18,23)(H,21,22). The van der Waals surface area contributed by atoms with Crippen LogP contribution < -0.4 is 5.32 Å². The number of benzene rings is 1. The number of hydrogen-bond donors (Lipinski definition) is 3. The van der Waals surface area contributed by atoms with Gasteiger partial charge in [0, 0.05) is 19.1 Å². The van der Waals surface area contributed by atoms with Crippen molar-refractivity contribution in [3.05, 3.63) is 29.3 Å². The Morgan fingerprint density at radius 1 is 1.13 bits per heavy atom. The van der Waals surface area contributed by atoms with Crippen molar-refractivity contribution in [1.82, 2.24) is 10.2 Å². The van der Waals surface area contributed by atoms with Crippen molar-refractivity contribution >= 4 is 12.0 Å². The smallest absolute Gasteiger partial charge is 0.317 e. The normalized spacial score (nSPS) is 23.9. The van der Waals surface area contributed by atoms with Crippen LogP contribution in [0.2, 0.25) is 0 Å². The minimum atomic E-state index is -0.734. The maximum Gasteiger partial charge on any atom is 0.317 e. The lowest BCUT2D eigenvalue weighted by molar-refractivity contribution is -0.142. The van der Waals surface area contributed by atoms with Crippen LogP contribution in [0.4, 0.5) is 4.79 Å². The van der Waals surface area contributed by atoms with Gasteiger partial charge in [0.15, 0.2) is 0 Å². The molecular formula is C17H22N2O4. The number of rotatable bonds is 2. The number of carboxylic acids is 1. The highest BCUT2D eigenvalue weighted by Gasteiger charge is 2.28. The van der Waals surface area contributed by atoms with E-state index in [9.17, 15) is 14.7 Å². The zero-order valence-electron chi connectivity index (χ0n) is 13.0. The first-order chi connectivity index (χ1) is 11.0. The monoisotopic (exact) mass is 318 g/mol. The number of carboxylic acid groups (broad SMARTS) is 1. The van der Waals surface area contributed by atoms with E-state index in [0.717, 1.165) is 12.0 Å². The van der Waals surface area contributed by atoms with Crippen molar-refractivity contribution in [2.45, 2.75) is 44.7 Å². The molecule has 2 aliphatic rings. The van der Waals surface area contributed by atoms with Gasteiger partial charge in [0.2, 0.25) is 0 Å². The Balaban J connectivity index is 1.55. The van der Waals surface area contributed by atoms with Crippen LogP contribution in [-0.4, -0.2) is 39.7 Å². The van der Waals surface area contributed by atoms with E-state index in [1.165, 1.54) is 5.56 Å². The van der Waals surface area contributed by atoms with E-state index in [0.29, 0.717) is 38.8 Å². The van der Waals surface area contributed by atoms with Crippen LogP contribution in [0.3, 0.4) is 0 Å². The molecule has 0 unspecified atom stereocenters. The summed E-state index contributed by atoms with van der Waals surface area (Å²) in [6, 6.07) is 5.26. The van der Waals surface area contributed by atoms with Crippen molar-refractivity contribution in [3.8, 4) is 5.75 Å². The number of phenols is 1. The van der Waals surface area contributed by atoms with Crippen molar-refractivity contribution < 1.29 is 19.8 Å². The maximum atomic E-state index is 12.4. The van der Waals surface area contributed by atoms with Crippen LogP contribution in [0.1, 0.15) is 36.8 Å². The number of phenolic OH excluding ortho intramolecular Hbond substituents is 1. The first kappa shape index (κ1) is 15.6. The fourth-order valence-corrected chi connectivity index (χ4v) is 3.47. The predicted octanol–water partition coefficient (Wildman–Crippen LogP) is 2.10. The minimum Gasteiger partial charge on any atom is -0.508 e. The third kappa shape index (κ3) is 3.57. The molecular weight excluding hydrogens is 296 g/mol. The molecule has 1 aromatic carbocycles. The Morgan fingerprint density at radius 2 is 1.87 bits per heavy atom. The highest BCUT2D eigenvalue weighted by atomic mass is 16.4. The molecule has 3 rings (SSSR count). The molecule has 3 N–H and O–H groups in total. The van der Waals surface area contributed by atoms with Crippen molar-refractivity contribution in [2.75, 3.05) is 6.54 Å². The summed E-state index contributed by atoms with van der Waals surface area (Å²) >= 11 is 0. The summed E-state index contributed by atoms with van der Waals surface area (Å²) in [6.45, 7) is 1.16. The van der Waals surface area contributed by atoms with Crippen LogP contribution in [0.25, 0.3) is 0 Å². The van der Waals surface area contributed by atoms with Gasteiger partial charge in [0.25, 0.3) is 0 Å². The average Bonchev–Trinajstić information content (AvgIpc) is 2.54. The van der Waals surface area contributed by atoms with Gasteiger partial charge in [-0.15, -0.1) is 0 Å². The molecule has 0 saturated heterocycles. The van der Waals surface area contributed by atoms with Gasteiger partial charge in [-0.05, 0) is 55.4 Å². The zero-order chi connectivity index (χ0) is 16.4. The number of aliphatic carboxylic acids is 1. The van der Waals surface area contributed by atoms with Gasteiger partial charge in [-0.25, -0.2) is 4.79 Å². The molecule has 0 bridgehead atoms. The summed E-state index contributed by atoms with van der Waals surface area (Å²) < 4.78 is 0. The number of nitrogens with zero attached hydrogens (tertiary/aromatic N) is 1. The second-order valence-corrected chi connectivity index (χ2v) is 6.46. The largest absolute Gasteiger partial charge is 0.508 e. The molecule has 124 valence electrons. The maximum absolute atomic E-state index is 12.4. The summed E-state index contributed by atoms with van der Waals surface area (Å²) in [5, 5.41) is 21.6. The molecule has 1 aromatic rings. The van der Waals surface area contributed by atoms with Crippen LogP contribution in [0, 0.1) is 5.92 Å². The number of aromatic hydroxyl groups is 1. The Labute approximate surface area is 135 Å². The number of carbonyl (C=O) groups is 2. The number of carbonyl (C=O) groups excluding carboxylic acids is 1. The van der Waals surface area contributed by atoms with Gasteiger partial charge >= 0.3 is 12.0 Å². The van der Waals surface area contributed by atoms with Crippen molar-refractivity contribution in [1.29, 1.82) is 0 Å². The lowest BCUT2D eigenvalue weighted by Gasteiger charge is -2.32. The van der Waals surface area contributed by atoms with E-state index >= 15 is 0 Å². The Kier molecular flexibility index (Phi) is 4.41. The molecule has 1 aliphatic heterocycles. The molecule has 0 aromatic heterocycles. The highest BCUT2D eigenvalue weighted by molar-refractivity contribution is 5.75. The zero-order valence-corrected chi connectivity index (χ0v) is 13.0. The lowest BCUT2D eigenvalue weighted by Crippen LogP contribution is -2.47. The highest BCUT2D eigenvalue weighted by Crippen LogP contribution is 2.26. The predicted molar refractivity (Wildman–Crippen MR) is 84.1 cm³/mol. The van der Waals surface area contributed by atoms with Crippen LogP contribution in [-0.2, 0) is 17.8 Å². The number of fused-ring (bicyclic) bond motifs is 1. The van der Waals surface area contributed by atoms with Gasteiger partial charge in [0.1, 0.15) is 5.75 Å². The number of amides is 2. The first-order valence-corrected chi connectivity index (χ1v) is 8.12. The first-order valence-electron chi connectivity index (χ1n) is 8.12. The van der Waals surface area contributed by atoms with Gasteiger partial charge in [-0.1, -0.05) is 6.07 Å². The molecule has 1 heterocycles. The van der Waals surface area contributed by atoms with Gasteiger partial charge in [-0.3, -0.25) is 4.79 Å². The Morgan fingerprint density at radius 3 is 2.57 bits per heavy atom. The third-order valence-corrected chi connectivity index (χ3v) is 4.89. The molecule has 2 amide bonds. The quantitative estimate of drug-likeness (QED) is 0.779. The lowest BCUT2D eigenvalue weighted by atomic mass is 9.86. The SMILES string of the molecule is O=C(O)C1CCC(NC(=O)N2CCc3ccc(O)cc3C2)CC1. The second kappa shape index (κ2) is 6.48. The number of hydrogen-bond acceptors (Lipinski definition) is 3.